The third-order valence-electron chi connectivity index (χ3n) is 4.44. The van der Waals surface area contributed by atoms with E-state index in [2.05, 4.69) is 10.5 Å². The predicted octanol–water partition coefficient (Wildman–Crippen LogP) is 3.35. The Bertz CT molecular complexity index is 1160. The van der Waals surface area contributed by atoms with Crippen LogP contribution in [-0.4, -0.2) is 34.2 Å². The van der Waals surface area contributed by atoms with Crippen molar-refractivity contribution in [1.29, 1.82) is 0 Å². The first-order valence-corrected chi connectivity index (χ1v) is 10.9. The number of anilines is 1. The quantitative estimate of drug-likeness (QED) is 0.432. The number of nitrogens with one attached hydrogen (secondary N) is 1. The Kier molecular flexibility index (Phi) is 7.04. The highest BCUT2D eigenvalue weighted by Crippen LogP contribution is 2.23. The van der Waals surface area contributed by atoms with Gasteiger partial charge in [0.05, 0.1) is 23.9 Å². The van der Waals surface area contributed by atoms with E-state index in [1.807, 2.05) is 6.92 Å². The fraction of sp³-hybridized carbons (Fsp3) is 0.130. The zero-order valence-electron chi connectivity index (χ0n) is 17.2. The molecule has 0 aliphatic carbocycles. The van der Waals surface area contributed by atoms with Gasteiger partial charge in [-0.2, -0.15) is 5.10 Å². The Morgan fingerprint density at radius 2 is 1.74 bits per heavy atom. The monoisotopic (exact) mass is 437 g/mol. The van der Waals surface area contributed by atoms with Crippen molar-refractivity contribution >= 4 is 27.8 Å². The van der Waals surface area contributed by atoms with Crippen LogP contribution in [0, 0.1) is 6.92 Å². The zero-order chi connectivity index (χ0) is 22.3. The molecular formula is C23H23N3O4S. The molecule has 0 radical (unpaired) electrons. The summed E-state index contributed by atoms with van der Waals surface area (Å²) in [5, 5.41) is 3.93. The molecule has 0 aliphatic rings. The molecule has 1 N–H and O–H groups in total. The summed E-state index contributed by atoms with van der Waals surface area (Å²) in [6.07, 6.45) is 1.46. The standard InChI is InChI=1S/C23H23N3O4S/c1-18-11-13-20(14-12-18)26(31(28,29)22-9-4-3-5-10-22)17-23(27)25-24-16-19-7-6-8-21(15-19)30-2/h3-16H,17H2,1-2H3,(H,25,27)/b24-16-. The second-order valence-electron chi connectivity index (χ2n) is 6.73. The van der Waals surface area contributed by atoms with E-state index in [-0.39, 0.29) is 4.90 Å². The molecule has 0 unspecified atom stereocenters. The summed E-state index contributed by atoms with van der Waals surface area (Å²) in [4.78, 5) is 12.6. The molecule has 0 saturated heterocycles. The number of nitrogens with zero attached hydrogens (tertiary/aromatic N) is 2. The Balaban J connectivity index is 1.80. The number of sulfonamides is 1. The van der Waals surface area contributed by atoms with Crippen LogP contribution in [0.3, 0.4) is 0 Å². The molecule has 0 spiro atoms. The molecule has 0 bridgehead atoms. The lowest BCUT2D eigenvalue weighted by atomic mass is 10.2. The van der Waals surface area contributed by atoms with E-state index < -0.39 is 22.5 Å². The van der Waals surface area contributed by atoms with Crippen LogP contribution in [0.15, 0.2) is 88.9 Å². The lowest BCUT2D eigenvalue weighted by molar-refractivity contribution is -0.119. The van der Waals surface area contributed by atoms with Gasteiger partial charge in [-0.3, -0.25) is 9.10 Å². The number of hydrogen-bond donors (Lipinski definition) is 1. The van der Waals surface area contributed by atoms with Crippen molar-refractivity contribution < 1.29 is 17.9 Å². The third-order valence-corrected chi connectivity index (χ3v) is 6.23. The van der Waals surface area contributed by atoms with Crippen LogP contribution in [0.4, 0.5) is 5.69 Å². The van der Waals surface area contributed by atoms with Crippen LogP contribution in [-0.2, 0) is 14.8 Å². The SMILES string of the molecule is COc1cccc(/C=N\NC(=O)CN(c2ccc(C)cc2)S(=O)(=O)c2ccccc2)c1. The summed E-state index contributed by atoms with van der Waals surface area (Å²) < 4.78 is 32.6. The number of ether oxygens (including phenoxy) is 1. The summed E-state index contributed by atoms with van der Waals surface area (Å²) in [6.45, 7) is 1.48. The van der Waals surface area contributed by atoms with Crippen LogP contribution in [0.1, 0.15) is 11.1 Å². The number of methoxy groups -OCH3 is 1. The Labute approximate surface area is 182 Å². The van der Waals surface area contributed by atoms with Gasteiger partial charge in [0.2, 0.25) is 0 Å². The van der Waals surface area contributed by atoms with Crippen LogP contribution in [0.5, 0.6) is 5.75 Å². The largest absolute Gasteiger partial charge is 0.497 e. The van der Waals surface area contributed by atoms with Crippen molar-refractivity contribution in [3.8, 4) is 5.75 Å². The van der Waals surface area contributed by atoms with E-state index in [4.69, 9.17) is 4.74 Å². The van der Waals surface area contributed by atoms with Gasteiger partial charge in [0.1, 0.15) is 12.3 Å². The second-order valence-corrected chi connectivity index (χ2v) is 8.59. The number of hydrazone groups is 1. The zero-order valence-corrected chi connectivity index (χ0v) is 18.0. The molecule has 0 atom stereocenters. The molecule has 3 aromatic rings. The number of amides is 1. The van der Waals surface area contributed by atoms with Gasteiger partial charge in [-0.05, 0) is 48.9 Å². The number of rotatable bonds is 8. The molecule has 1 amide bonds. The third kappa shape index (κ3) is 5.70. The molecule has 0 aliphatic heterocycles. The average molecular weight is 438 g/mol. The summed E-state index contributed by atoms with van der Waals surface area (Å²) in [5.74, 6) is 0.0917. The van der Waals surface area contributed by atoms with E-state index in [0.29, 0.717) is 11.4 Å². The van der Waals surface area contributed by atoms with E-state index in [1.54, 1.807) is 73.8 Å². The molecule has 160 valence electrons. The smallest absolute Gasteiger partial charge is 0.264 e. The van der Waals surface area contributed by atoms with E-state index in [9.17, 15) is 13.2 Å². The van der Waals surface area contributed by atoms with Gasteiger partial charge in [0, 0.05) is 0 Å². The summed E-state index contributed by atoms with van der Waals surface area (Å²) in [7, 11) is -2.38. The minimum atomic E-state index is -3.94. The molecule has 3 rings (SSSR count). The number of benzene rings is 3. The minimum absolute atomic E-state index is 0.100. The topological polar surface area (TPSA) is 88.1 Å². The number of hydrogen-bond acceptors (Lipinski definition) is 5. The lowest BCUT2D eigenvalue weighted by Crippen LogP contribution is -2.39. The molecule has 7 nitrogen and oxygen atoms in total. The predicted molar refractivity (Wildman–Crippen MR) is 121 cm³/mol. The maximum Gasteiger partial charge on any atom is 0.264 e. The van der Waals surface area contributed by atoms with Crippen LogP contribution in [0.25, 0.3) is 0 Å². The van der Waals surface area contributed by atoms with E-state index in [1.165, 1.54) is 18.3 Å². The summed E-state index contributed by atoms with van der Waals surface area (Å²) >= 11 is 0. The first-order valence-electron chi connectivity index (χ1n) is 9.50. The van der Waals surface area contributed by atoms with Gasteiger partial charge in [-0.25, -0.2) is 13.8 Å². The van der Waals surface area contributed by atoms with Crippen molar-refractivity contribution in [2.45, 2.75) is 11.8 Å². The number of aryl methyl sites for hydroxylation is 1. The number of carbonyl (C=O) groups is 1. The fourth-order valence-electron chi connectivity index (χ4n) is 2.81. The van der Waals surface area contributed by atoms with Gasteiger partial charge in [-0.1, -0.05) is 48.0 Å². The van der Waals surface area contributed by atoms with Crippen molar-refractivity contribution in [1.82, 2.24) is 5.43 Å². The highest BCUT2D eigenvalue weighted by molar-refractivity contribution is 7.92. The van der Waals surface area contributed by atoms with Crippen molar-refractivity contribution in [2.75, 3.05) is 18.0 Å². The van der Waals surface area contributed by atoms with Gasteiger partial charge in [-0.15, -0.1) is 0 Å². The Hall–Kier alpha value is -3.65. The Morgan fingerprint density at radius 1 is 1.03 bits per heavy atom. The minimum Gasteiger partial charge on any atom is -0.497 e. The highest BCUT2D eigenvalue weighted by atomic mass is 32.2. The van der Waals surface area contributed by atoms with Crippen molar-refractivity contribution in [3.63, 3.8) is 0 Å². The average Bonchev–Trinajstić information content (AvgIpc) is 2.79. The van der Waals surface area contributed by atoms with Gasteiger partial charge < -0.3 is 4.74 Å². The second kappa shape index (κ2) is 9.90. The van der Waals surface area contributed by atoms with Crippen LogP contribution >= 0.6 is 0 Å². The van der Waals surface area contributed by atoms with E-state index >= 15 is 0 Å². The molecule has 0 saturated carbocycles. The van der Waals surface area contributed by atoms with E-state index in [0.717, 1.165) is 15.4 Å². The molecule has 0 fully saturated rings. The molecule has 3 aromatic carbocycles. The maximum atomic E-state index is 13.2. The van der Waals surface area contributed by atoms with Crippen molar-refractivity contribution in [2.24, 2.45) is 5.10 Å². The summed E-state index contributed by atoms with van der Waals surface area (Å²) in [6, 6.07) is 22.1. The Morgan fingerprint density at radius 3 is 2.42 bits per heavy atom. The van der Waals surface area contributed by atoms with Gasteiger partial charge in [0.25, 0.3) is 15.9 Å². The number of carbonyl (C=O) groups excluding carboxylic acids is 1. The maximum absolute atomic E-state index is 13.2. The van der Waals surface area contributed by atoms with Crippen molar-refractivity contribution in [3.05, 3.63) is 90.0 Å². The summed E-state index contributed by atoms with van der Waals surface area (Å²) in [5.41, 5.74) is 4.49. The van der Waals surface area contributed by atoms with Crippen LogP contribution in [0.2, 0.25) is 0 Å². The molecule has 8 heteroatoms. The highest BCUT2D eigenvalue weighted by Gasteiger charge is 2.26. The molecule has 0 heterocycles. The van der Waals surface area contributed by atoms with Crippen LogP contribution < -0.4 is 14.5 Å². The molecular weight excluding hydrogens is 414 g/mol. The lowest BCUT2D eigenvalue weighted by Gasteiger charge is -2.23. The fourth-order valence-corrected chi connectivity index (χ4v) is 4.25. The first kappa shape index (κ1) is 22.0. The normalized spacial score (nSPS) is 11.3. The van der Waals surface area contributed by atoms with Gasteiger partial charge in [0.15, 0.2) is 0 Å². The van der Waals surface area contributed by atoms with Gasteiger partial charge >= 0.3 is 0 Å². The molecule has 31 heavy (non-hydrogen) atoms. The molecule has 0 aromatic heterocycles. The first-order chi connectivity index (χ1) is 14.9.